The Kier molecular flexibility index (Phi) is 5.85. The van der Waals surface area contributed by atoms with Gasteiger partial charge in [-0.05, 0) is 30.7 Å². The van der Waals surface area contributed by atoms with Gasteiger partial charge >= 0.3 is 0 Å². The van der Waals surface area contributed by atoms with E-state index in [0.29, 0.717) is 30.2 Å². The Hall–Kier alpha value is -2.47. The molecule has 0 bridgehead atoms. The van der Waals surface area contributed by atoms with Crippen LogP contribution in [0.4, 0.5) is 0 Å². The summed E-state index contributed by atoms with van der Waals surface area (Å²) in [6.45, 7) is 0.643. The van der Waals surface area contributed by atoms with Crippen molar-refractivity contribution in [1.82, 2.24) is 5.32 Å². The highest BCUT2D eigenvalue weighted by Crippen LogP contribution is 2.26. The molecule has 2 aromatic rings. The Morgan fingerprint density at radius 1 is 1.23 bits per heavy atom. The van der Waals surface area contributed by atoms with Crippen molar-refractivity contribution in [3.8, 4) is 11.5 Å². The maximum Gasteiger partial charge on any atom is 0.286 e. The fourth-order valence-corrected chi connectivity index (χ4v) is 1.83. The van der Waals surface area contributed by atoms with Crippen LogP contribution >= 0.6 is 0 Å². The number of aliphatic hydroxyl groups is 1. The molecule has 1 amide bonds. The van der Waals surface area contributed by atoms with Gasteiger partial charge in [0, 0.05) is 13.2 Å². The van der Waals surface area contributed by atoms with E-state index in [9.17, 15) is 4.79 Å². The molecule has 2 rings (SSSR count). The third-order valence-corrected chi connectivity index (χ3v) is 2.94. The number of carbonyl (C=O) groups is 1. The minimum absolute atomic E-state index is 0.0381. The summed E-state index contributed by atoms with van der Waals surface area (Å²) in [5.74, 6) is 1.69. The normalized spacial score (nSPS) is 10.3. The number of hydrogen-bond acceptors (Lipinski definition) is 5. The molecule has 0 saturated heterocycles. The number of ether oxygens (including phenoxy) is 2. The molecule has 0 saturated carbocycles. The second-order valence-corrected chi connectivity index (χ2v) is 4.54. The number of benzene rings is 1. The van der Waals surface area contributed by atoms with Crippen LogP contribution in [0.5, 0.6) is 11.5 Å². The van der Waals surface area contributed by atoms with Gasteiger partial charge in [0.25, 0.3) is 5.91 Å². The van der Waals surface area contributed by atoms with E-state index < -0.39 is 0 Å². The van der Waals surface area contributed by atoms with Crippen LogP contribution < -0.4 is 14.8 Å². The van der Waals surface area contributed by atoms with Crippen molar-refractivity contribution < 1.29 is 23.8 Å². The Balaban J connectivity index is 1.90. The van der Waals surface area contributed by atoms with Crippen LogP contribution in [0.2, 0.25) is 0 Å². The van der Waals surface area contributed by atoms with Gasteiger partial charge in [0.15, 0.2) is 17.3 Å². The van der Waals surface area contributed by atoms with Crippen LogP contribution in [0, 0.1) is 0 Å². The maximum absolute atomic E-state index is 11.8. The van der Waals surface area contributed by atoms with Crippen molar-refractivity contribution in [2.75, 3.05) is 20.3 Å². The van der Waals surface area contributed by atoms with E-state index in [1.165, 1.54) is 0 Å². The lowest BCUT2D eigenvalue weighted by Crippen LogP contribution is -2.24. The van der Waals surface area contributed by atoms with Crippen molar-refractivity contribution in [3.05, 3.63) is 47.9 Å². The number of rotatable bonds is 8. The molecule has 0 fully saturated rings. The molecule has 2 N–H and O–H groups in total. The summed E-state index contributed by atoms with van der Waals surface area (Å²) in [4.78, 5) is 11.8. The highest BCUT2D eigenvalue weighted by atomic mass is 16.5. The van der Waals surface area contributed by atoms with E-state index in [4.69, 9.17) is 19.0 Å². The molecule has 6 nitrogen and oxygen atoms in total. The first-order chi connectivity index (χ1) is 10.7. The first-order valence-corrected chi connectivity index (χ1v) is 6.98. The van der Waals surface area contributed by atoms with Gasteiger partial charge in [0.2, 0.25) is 0 Å². The number of nitrogens with one attached hydrogen (secondary N) is 1. The molecule has 1 aromatic heterocycles. The molecule has 0 atom stereocenters. The quantitative estimate of drug-likeness (QED) is 0.729. The maximum atomic E-state index is 11.8. The zero-order chi connectivity index (χ0) is 15.8. The van der Waals surface area contributed by atoms with Gasteiger partial charge in [-0.15, -0.1) is 0 Å². The van der Waals surface area contributed by atoms with E-state index in [2.05, 4.69) is 5.32 Å². The topological polar surface area (TPSA) is 80.9 Å². The van der Waals surface area contributed by atoms with E-state index >= 15 is 0 Å². The Morgan fingerprint density at radius 3 is 2.73 bits per heavy atom. The van der Waals surface area contributed by atoms with Gasteiger partial charge in [-0.3, -0.25) is 4.79 Å². The summed E-state index contributed by atoms with van der Waals surface area (Å²) < 4.78 is 16.2. The smallest absolute Gasteiger partial charge is 0.286 e. The molecule has 1 heterocycles. The molecule has 22 heavy (non-hydrogen) atoms. The van der Waals surface area contributed by atoms with E-state index in [0.717, 1.165) is 0 Å². The molecular weight excluding hydrogens is 286 g/mol. The van der Waals surface area contributed by atoms with E-state index in [1.54, 1.807) is 31.4 Å². The molecule has 1 aromatic carbocycles. The summed E-state index contributed by atoms with van der Waals surface area (Å²) in [5.41, 5.74) is 0. The molecule has 118 valence electrons. The summed E-state index contributed by atoms with van der Waals surface area (Å²) in [6.07, 6.45) is 0.510. The molecule has 0 aliphatic heterocycles. The van der Waals surface area contributed by atoms with Crippen LogP contribution in [0.15, 0.2) is 40.8 Å². The number of carbonyl (C=O) groups excluding carboxylic acids is 1. The molecule has 0 radical (unpaired) electrons. The number of methoxy groups -OCH3 is 1. The zero-order valence-electron chi connectivity index (χ0n) is 12.4. The SMILES string of the molecule is COc1ccccc1OCc1ccc(C(=O)NCCCO)o1. The first-order valence-electron chi connectivity index (χ1n) is 6.98. The summed E-state index contributed by atoms with van der Waals surface area (Å²) in [7, 11) is 1.57. The summed E-state index contributed by atoms with van der Waals surface area (Å²) >= 11 is 0. The van der Waals surface area contributed by atoms with Gasteiger partial charge in [-0.2, -0.15) is 0 Å². The van der Waals surface area contributed by atoms with Gasteiger partial charge in [0.05, 0.1) is 7.11 Å². The predicted molar refractivity (Wildman–Crippen MR) is 80.1 cm³/mol. The van der Waals surface area contributed by atoms with Crippen molar-refractivity contribution in [2.24, 2.45) is 0 Å². The third-order valence-electron chi connectivity index (χ3n) is 2.94. The lowest BCUT2D eigenvalue weighted by Gasteiger charge is -2.08. The average Bonchev–Trinajstić information content (AvgIpc) is 3.02. The number of para-hydroxylation sites is 2. The van der Waals surface area contributed by atoms with Crippen molar-refractivity contribution in [2.45, 2.75) is 13.0 Å². The number of hydrogen-bond donors (Lipinski definition) is 2. The largest absolute Gasteiger partial charge is 0.493 e. The number of furan rings is 1. The van der Waals surface area contributed by atoms with E-state index in [-0.39, 0.29) is 24.9 Å². The Morgan fingerprint density at radius 2 is 2.00 bits per heavy atom. The van der Waals surface area contributed by atoms with Gasteiger partial charge in [-0.25, -0.2) is 0 Å². The first kappa shape index (κ1) is 15.9. The Bertz CT molecular complexity index is 608. The van der Waals surface area contributed by atoms with Crippen molar-refractivity contribution in [1.29, 1.82) is 0 Å². The molecule has 0 spiro atoms. The fraction of sp³-hybridized carbons (Fsp3) is 0.312. The minimum atomic E-state index is -0.308. The van der Waals surface area contributed by atoms with E-state index in [1.807, 2.05) is 12.1 Å². The number of aliphatic hydroxyl groups excluding tert-OH is 1. The predicted octanol–water partition coefficient (Wildman–Crippen LogP) is 1.98. The van der Waals surface area contributed by atoms with Crippen LogP contribution in [-0.4, -0.2) is 31.3 Å². The lowest BCUT2D eigenvalue weighted by molar-refractivity contribution is 0.0919. The van der Waals surface area contributed by atoms with Gasteiger partial charge in [-0.1, -0.05) is 12.1 Å². The third kappa shape index (κ3) is 4.26. The van der Waals surface area contributed by atoms with Crippen molar-refractivity contribution >= 4 is 5.91 Å². The van der Waals surface area contributed by atoms with Crippen molar-refractivity contribution in [3.63, 3.8) is 0 Å². The molecule has 0 aliphatic carbocycles. The highest BCUT2D eigenvalue weighted by Gasteiger charge is 2.11. The monoisotopic (exact) mass is 305 g/mol. The summed E-state index contributed by atoms with van der Waals surface area (Å²) in [5, 5.41) is 11.3. The van der Waals surface area contributed by atoms with Crippen LogP contribution in [0.25, 0.3) is 0 Å². The van der Waals surface area contributed by atoms with Gasteiger partial charge < -0.3 is 24.3 Å². The highest BCUT2D eigenvalue weighted by molar-refractivity contribution is 5.91. The van der Waals surface area contributed by atoms with Crippen LogP contribution in [0.3, 0.4) is 0 Å². The average molecular weight is 305 g/mol. The van der Waals surface area contributed by atoms with Gasteiger partial charge in [0.1, 0.15) is 12.4 Å². The minimum Gasteiger partial charge on any atom is -0.493 e. The molecule has 0 unspecified atom stereocenters. The second-order valence-electron chi connectivity index (χ2n) is 4.54. The standard InChI is InChI=1S/C16H19NO5/c1-20-13-5-2-3-6-14(13)21-11-12-7-8-15(22-12)16(19)17-9-4-10-18/h2-3,5-8,18H,4,9-11H2,1H3,(H,17,19). The van der Waals surface area contributed by atoms with Crippen LogP contribution in [0.1, 0.15) is 22.7 Å². The lowest BCUT2D eigenvalue weighted by atomic mass is 10.3. The molecule has 6 heteroatoms. The van der Waals surface area contributed by atoms with Crippen LogP contribution in [-0.2, 0) is 6.61 Å². The second kappa shape index (κ2) is 8.09. The molecule has 0 aliphatic rings. The Labute approximate surface area is 128 Å². The molecular formula is C16H19NO5. The fourth-order valence-electron chi connectivity index (χ4n) is 1.83. The zero-order valence-corrected chi connectivity index (χ0v) is 12.4. The summed E-state index contributed by atoms with van der Waals surface area (Å²) in [6, 6.07) is 10.6. The number of amides is 1.